The number of ether oxygens (including phenoxy) is 5. The summed E-state index contributed by atoms with van der Waals surface area (Å²) in [5.74, 6) is -8.61. The molecule has 6 aliphatic rings. The topological polar surface area (TPSA) is 214 Å². The van der Waals surface area contributed by atoms with E-state index >= 15 is 0 Å². The van der Waals surface area contributed by atoms with Crippen LogP contribution in [0, 0.1) is 30.6 Å². The molecular weight excluding hydrogens is 805 g/mol. The number of methoxy groups -OCH3 is 1. The number of aliphatic hydroxyl groups is 2. The molecule has 1 aliphatic carbocycles. The van der Waals surface area contributed by atoms with E-state index in [0.717, 1.165) is 0 Å². The van der Waals surface area contributed by atoms with Gasteiger partial charge in [0.1, 0.15) is 29.0 Å². The third-order valence-electron chi connectivity index (χ3n) is 13.0. The number of ketones is 3. The van der Waals surface area contributed by atoms with Crippen LogP contribution in [0.1, 0.15) is 78.2 Å². The molecule has 2 fully saturated rings. The fourth-order valence-electron chi connectivity index (χ4n) is 8.75. The lowest BCUT2D eigenvalue weighted by Gasteiger charge is -2.39. The van der Waals surface area contributed by atoms with Crippen molar-refractivity contribution in [3.8, 4) is 11.5 Å². The molecule has 5 bridgehead atoms. The molecule has 4 N–H and O–H groups in total. The maximum Gasteiger partial charge on any atom is 0.410 e. The maximum atomic E-state index is 14.8. The fraction of sp³-hybridized carbons (Fsp3) is 0.578. The quantitative estimate of drug-likeness (QED) is 0.344. The standard InChI is InChI=1S/C45H60N4O13/c1-23-11-10-12-24(2)43(56)46-33-34(48-18-21-59-22-19-48)39(54)30-31(38(33)53)37(52)28(6)41-32(30)42(55)45(7,62-41)60-20-13-29(58-9)25(3)40(27(5)36(51)26(4)35(23)50)61-44(57)49-16-14-47(8)15-17-49/h10-13,20,23,25-27,29,35-36,40,50-52H,14-19,21-22H2,1-9H3,(H,46,56)/b11-10+,20-13+,24-12-/t23-,25+,26+,27+,29-,35-,36+,40+,45-/m0/s1. The van der Waals surface area contributed by atoms with Crippen molar-refractivity contribution < 1.29 is 63.0 Å². The van der Waals surface area contributed by atoms with Crippen LogP contribution in [-0.4, -0.2) is 156 Å². The highest BCUT2D eigenvalue weighted by molar-refractivity contribution is 6.32. The van der Waals surface area contributed by atoms with Crippen LogP contribution in [0.15, 0.2) is 47.5 Å². The van der Waals surface area contributed by atoms with Gasteiger partial charge in [0, 0.05) is 88.1 Å². The molecule has 1 aromatic rings. The number of rotatable bonds is 3. The van der Waals surface area contributed by atoms with E-state index in [0.29, 0.717) is 26.2 Å². The first kappa shape index (κ1) is 46.4. The number of phenolic OH excluding ortho intramolecular Hbond substituents is 1. The Kier molecular flexibility index (Phi) is 14.0. The summed E-state index contributed by atoms with van der Waals surface area (Å²) >= 11 is 0. The smallest absolute Gasteiger partial charge is 0.410 e. The average Bonchev–Trinajstić information content (AvgIpc) is 3.52. The van der Waals surface area contributed by atoms with Gasteiger partial charge >= 0.3 is 11.9 Å². The van der Waals surface area contributed by atoms with Gasteiger partial charge in [0.25, 0.3) is 11.7 Å². The summed E-state index contributed by atoms with van der Waals surface area (Å²) in [6, 6.07) is 0. The summed E-state index contributed by atoms with van der Waals surface area (Å²) in [5.41, 5.74) is -1.46. The van der Waals surface area contributed by atoms with Gasteiger partial charge in [0.15, 0.2) is 0 Å². The van der Waals surface area contributed by atoms with Crippen molar-refractivity contribution in [3.63, 3.8) is 0 Å². The number of fused-ring (bicyclic) bond motifs is 14. The summed E-state index contributed by atoms with van der Waals surface area (Å²) in [6.07, 6.45) is 2.85. The number of aromatic hydroxyl groups is 1. The molecule has 17 heteroatoms. The monoisotopic (exact) mass is 864 g/mol. The van der Waals surface area contributed by atoms with E-state index < -0.39 is 94.5 Å². The van der Waals surface area contributed by atoms with Gasteiger partial charge in [0.05, 0.1) is 54.5 Å². The molecule has 338 valence electrons. The molecule has 0 unspecified atom stereocenters. The number of Topliss-reactive ketones (excluding diaryl/α,β-unsaturated/α-hetero) is 3. The fourth-order valence-corrected chi connectivity index (χ4v) is 8.75. The predicted molar refractivity (Wildman–Crippen MR) is 224 cm³/mol. The van der Waals surface area contributed by atoms with E-state index in [4.69, 9.17) is 23.7 Å². The van der Waals surface area contributed by atoms with E-state index in [1.54, 1.807) is 49.6 Å². The van der Waals surface area contributed by atoms with Crippen LogP contribution in [-0.2, 0) is 23.7 Å². The Morgan fingerprint density at radius 2 is 1.53 bits per heavy atom. The van der Waals surface area contributed by atoms with Crippen LogP contribution >= 0.6 is 0 Å². The SMILES string of the molecule is CO[C@H]1/C=C/O[C@@]2(C)Oc3c(C)c(O)c4c(c3C2=O)C(=O)C(N2CCOCC2)=C(NC(=O)/C(C)=C\C=C\[C@H](C)[C@H](O)[C@@H](C)[C@@H](O)[C@@H](C)[C@H](OC(=O)N2CCN(C)CC2)[C@@H]1C)C4=O. The number of amides is 2. The second-order valence-corrected chi connectivity index (χ2v) is 17.2. The first-order valence-corrected chi connectivity index (χ1v) is 21.2. The van der Waals surface area contributed by atoms with Crippen molar-refractivity contribution in [3.05, 3.63) is 69.8 Å². The zero-order chi connectivity index (χ0) is 45.4. The minimum absolute atomic E-state index is 0.00303. The number of carbonyl (C=O) groups excluding carboxylic acids is 5. The van der Waals surface area contributed by atoms with Gasteiger partial charge in [-0.15, -0.1) is 0 Å². The number of piperazine rings is 1. The molecule has 62 heavy (non-hydrogen) atoms. The number of allylic oxidation sites excluding steroid dienone is 4. The minimum atomic E-state index is -2.09. The summed E-state index contributed by atoms with van der Waals surface area (Å²) in [5, 5.41) is 37.5. The van der Waals surface area contributed by atoms with Crippen molar-refractivity contribution in [2.75, 3.05) is 66.6 Å². The van der Waals surface area contributed by atoms with Gasteiger partial charge in [-0.1, -0.05) is 45.9 Å². The third-order valence-corrected chi connectivity index (χ3v) is 13.0. The van der Waals surface area contributed by atoms with Crippen molar-refractivity contribution in [1.29, 1.82) is 0 Å². The molecular formula is C45H60N4O13. The minimum Gasteiger partial charge on any atom is -0.507 e. The lowest BCUT2D eigenvalue weighted by atomic mass is 9.78. The van der Waals surface area contributed by atoms with Gasteiger partial charge in [-0.25, -0.2) is 4.79 Å². The molecule has 5 heterocycles. The summed E-state index contributed by atoms with van der Waals surface area (Å²) in [7, 11) is 3.42. The van der Waals surface area contributed by atoms with Crippen LogP contribution in [0.5, 0.6) is 11.5 Å². The largest absolute Gasteiger partial charge is 0.507 e. The highest BCUT2D eigenvalue weighted by atomic mass is 16.7. The second-order valence-electron chi connectivity index (χ2n) is 17.2. The molecule has 0 radical (unpaired) electrons. The second kappa shape index (κ2) is 18.7. The number of nitrogens with one attached hydrogen (secondary N) is 1. The lowest BCUT2D eigenvalue weighted by Crippen LogP contribution is -2.51. The molecule has 0 aromatic heterocycles. The zero-order valence-electron chi connectivity index (χ0n) is 36.9. The van der Waals surface area contributed by atoms with E-state index in [1.807, 2.05) is 7.05 Å². The predicted octanol–water partition coefficient (Wildman–Crippen LogP) is 3.11. The molecule has 9 atom stereocenters. The van der Waals surface area contributed by atoms with E-state index in [9.17, 15) is 39.3 Å². The van der Waals surface area contributed by atoms with Crippen molar-refractivity contribution in [1.82, 2.24) is 20.0 Å². The highest BCUT2D eigenvalue weighted by Gasteiger charge is 2.53. The summed E-state index contributed by atoms with van der Waals surface area (Å²) in [4.78, 5) is 76.5. The Labute approximate surface area is 361 Å². The number of hydrogen-bond donors (Lipinski definition) is 4. The van der Waals surface area contributed by atoms with Gasteiger partial charge in [-0.05, 0) is 27.0 Å². The molecule has 0 spiro atoms. The van der Waals surface area contributed by atoms with Gasteiger partial charge in [0.2, 0.25) is 11.6 Å². The Balaban J connectivity index is 1.44. The Morgan fingerprint density at radius 1 is 0.871 bits per heavy atom. The van der Waals surface area contributed by atoms with Crippen molar-refractivity contribution in [2.24, 2.45) is 23.7 Å². The molecule has 0 saturated carbocycles. The first-order chi connectivity index (χ1) is 29.3. The van der Waals surface area contributed by atoms with Crippen molar-refractivity contribution >= 4 is 29.4 Å². The lowest BCUT2D eigenvalue weighted by molar-refractivity contribution is -0.116. The van der Waals surface area contributed by atoms with E-state index in [2.05, 4.69) is 10.2 Å². The normalized spacial score (nSPS) is 33.6. The Bertz CT molecular complexity index is 2080. The summed E-state index contributed by atoms with van der Waals surface area (Å²) < 4.78 is 29.7. The molecule has 2 saturated heterocycles. The Morgan fingerprint density at radius 3 is 2.18 bits per heavy atom. The van der Waals surface area contributed by atoms with E-state index in [1.165, 1.54) is 46.3 Å². The number of carbonyl (C=O) groups is 5. The zero-order valence-corrected chi connectivity index (χ0v) is 36.9. The number of phenols is 1. The van der Waals surface area contributed by atoms with Crippen LogP contribution < -0.4 is 10.1 Å². The number of aliphatic hydroxyl groups excluding tert-OH is 2. The average molecular weight is 865 g/mol. The van der Waals surface area contributed by atoms with Crippen LogP contribution in [0.3, 0.4) is 0 Å². The summed E-state index contributed by atoms with van der Waals surface area (Å²) in [6.45, 7) is 14.3. The molecule has 17 nitrogen and oxygen atoms in total. The van der Waals surface area contributed by atoms with Crippen LogP contribution in [0.4, 0.5) is 4.79 Å². The molecule has 2 amide bonds. The first-order valence-electron chi connectivity index (χ1n) is 21.2. The third kappa shape index (κ3) is 8.78. The van der Waals surface area contributed by atoms with Crippen LogP contribution in [0.2, 0.25) is 0 Å². The number of morpholine rings is 1. The molecule has 5 aliphatic heterocycles. The molecule has 7 rings (SSSR count). The van der Waals surface area contributed by atoms with Gasteiger partial charge in [-0.3, -0.25) is 19.2 Å². The number of benzene rings is 1. The number of nitrogens with zero attached hydrogens (tertiary/aromatic N) is 3. The van der Waals surface area contributed by atoms with Gasteiger partial charge in [-0.2, -0.15) is 0 Å². The van der Waals surface area contributed by atoms with Crippen LogP contribution in [0.25, 0.3) is 0 Å². The Hall–Kier alpha value is -5.07. The number of likely N-dealkylation sites (N-methyl/N-ethyl adjacent to an activating group) is 1. The van der Waals surface area contributed by atoms with Crippen molar-refractivity contribution in [2.45, 2.75) is 78.7 Å². The number of hydrogen-bond acceptors (Lipinski definition) is 15. The molecule has 1 aromatic carbocycles. The van der Waals surface area contributed by atoms with E-state index in [-0.39, 0.29) is 65.7 Å². The maximum absolute atomic E-state index is 14.8. The highest BCUT2D eigenvalue weighted by Crippen LogP contribution is 2.49. The van der Waals surface area contributed by atoms with Gasteiger partial charge < -0.3 is 59.0 Å².